The van der Waals surface area contributed by atoms with Gasteiger partial charge in [-0.3, -0.25) is 0 Å². The molecule has 2 fully saturated rings. The predicted octanol–water partition coefficient (Wildman–Crippen LogP) is 2.25. The average molecular weight is 210 g/mol. The Bertz CT molecular complexity index is 199. The lowest BCUT2D eigenvalue weighted by atomic mass is 10.1. The van der Waals surface area contributed by atoms with Gasteiger partial charge in [0, 0.05) is 18.6 Å². The van der Waals surface area contributed by atoms with E-state index < -0.39 is 0 Å². The highest BCUT2D eigenvalue weighted by molar-refractivity contribution is 4.92. The van der Waals surface area contributed by atoms with Crippen molar-refractivity contribution in [3.05, 3.63) is 0 Å². The van der Waals surface area contributed by atoms with Crippen molar-refractivity contribution in [1.29, 1.82) is 0 Å². The van der Waals surface area contributed by atoms with Crippen molar-refractivity contribution in [2.45, 2.75) is 58.5 Å². The van der Waals surface area contributed by atoms with E-state index in [4.69, 9.17) is 0 Å². The van der Waals surface area contributed by atoms with Crippen LogP contribution < -0.4 is 5.32 Å². The zero-order valence-electron chi connectivity index (χ0n) is 10.6. The first-order valence-electron chi connectivity index (χ1n) is 6.56. The molecule has 1 N–H and O–H groups in total. The third-order valence-corrected chi connectivity index (χ3v) is 4.03. The first kappa shape index (κ1) is 11.4. The Kier molecular flexibility index (Phi) is 3.36. The molecule has 2 unspecified atom stereocenters. The second kappa shape index (κ2) is 4.42. The van der Waals surface area contributed by atoms with Gasteiger partial charge in [-0.25, -0.2) is 0 Å². The molecular formula is C13H26N2. The van der Waals surface area contributed by atoms with E-state index in [2.05, 4.69) is 31.0 Å². The van der Waals surface area contributed by atoms with Gasteiger partial charge in [0.15, 0.2) is 0 Å². The van der Waals surface area contributed by atoms with Crippen molar-refractivity contribution >= 4 is 0 Å². The van der Waals surface area contributed by atoms with Gasteiger partial charge in [-0.05, 0) is 58.0 Å². The van der Waals surface area contributed by atoms with Crippen LogP contribution in [0.5, 0.6) is 0 Å². The molecular weight excluding hydrogens is 184 g/mol. The van der Waals surface area contributed by atoms with Gasteiger partial charge in [-0.15, -0.1) is 0 Å². The fraction of sp³-hybridized carbons (Fsp3) is 1.00. The topological polar surface area (TPSA) is 15.3 Å². The minimum atomic E-state index is 0.680. The van der Waals surface area contributed by atoms with Gasteiger partial charge in [0.2, 0.25) is 0 Å². The maximum Gasteiger partial charge on any atom is 0.00533 e. The number of hydrogen-bond donors (Lipinski definition) is 1. The maximum absolute atomic E-state index is 3.65. The molecule has 0 aromatic carbocycles. The zero-order valence-corrected chi connectivity index (χ0v) is 10.6. The molecule has 2 aliphatic rings. The average Bonchev–Trinajstić information content (AvgIpc) is 2.87. The van der Waals surface area contributed by atoms with Crippen molar-refractivity contribution in [3.63, 3.8) is 0 Å². The third kappa shape index (κ3) is 3.46. The molecule has 0 spiro atoms. The van der Waals surface area contributed by atoms with Gasteiger partial charge in [0.1, 0.15) is 0 Å². The molecule has 2 rings (SSSR count). The lowest BCUT2D eigenvalue weighted by Gasteiger charge is -2.32. The largest absolute Gasteiger partial charge is 0.312 e. The van der Waals surface area contributed by atoms with E-state index in [1.807, 2.05) is 0 Å². The van der Waals surface area contributed by atoms with E-state index in [1.165, 1.54) is 45.3 Å². The van der Waals surface area contributed by atoms with E-state index in [1.54, 1.807) is 0 Å². The summed E-state index contributed by atoms with van der Waals surface area (Å²) in [6.07, 6.45) is 5.51. The summed E-state index contributed by atoms with van der Waals surface area (Å²) in [5, 5.41) is 3.65. The molecule has 2 heteroatoms. The zero-order chi connectivity index (χ0) is 10.9. The van der Waals surface area contributed by atoms with Crippen LogP contribution in [-0.4, -0.2) is 36.6 Å². The fourth-order valence-electron chi connectivity index (χ4n) is 2.59. The summed E-state index contributed by atoms with van der Waals surface area (Å²) >= 11 is 0. The first-order chi connectivity index (χ1) is 7.07. The predicted molar refractivity (Wildman–Crippen MR) is 65.1 cm³/mol. The summed E-state index contributed by atoms with van der Waals surface area (Å²) in [7, 11) is 0. The molecule has 2 atom stereocenters. The monoisotopic (exact) mass is 210 g/mol. The molecule has 2 nitrogen and oxygen atoms in total. The molecule has 88 valence electrons. The summed E-state index contributed by atoms with van der Waals surface area (Å²) < 4.78 is 0. The van der Waals surface area contributed by atoms with Crippen molar-refractivity contribution in [3.8, 4) is 0 Å². The summed E-state index contributed by atoms with van der Waals surface area (Å²) in [6.45, 7) is 11.0. The number of nitrogens with one attached hydrogen (secondary N) is 1. The third-order valence-electron chi connectivity index (χ3n) is 4.03. The minimum absolute atomic E-state index is 0.680. The van der Waals surface area contributed by atoms with Crippen molar-refractivity contribution in [2.75, 3.05) is 19.6 Å². The fourth-order valence-corrected chi connectivity index (χ4v) is 2.59. The molecule has 0 aromatic rings. The van der Waals surface area contributed by atoms with Crippen LogP contribution in [0, 0.1) is 5.41 Å². The lowest BCUT2D eigenvalue weighted by molar-refractivity contribution is 0.188. The van der Waals surface area contributed by atoms with Crippen LogP contribution in [0.15, 0.2) is 0 Å². The standard InChI is InChI=1S/C13H26N2/c1-11-4-8-15(9-5-12(2)14-11)10-13(3)6-7-13/h11-12,14H,4-10H2,1-3H3. The van der Waals surface area contributed by atoms with E-state index in [0.29, 0.717) is 17.5 Å². The lowest BCUT2D eigenvalue weighted by Crippen LogP contribution is -2.44. The summed E-state index contributed by atoms with van der Waals surface area (Å²) in [6, 6.07) is 1.38. The highest BCUT2D eigenvalue weighted by Crippen LogP contribution is 2.45. The SMILES string of the molecule is CC1CCN(CC2(C)CC2)CCC(C)N1. The maximum atomic E-state index is 3.65. The van der Waals surface area contributed by atoms with Gasteiger partial charge in [-0.1, -0.05) is 6.92 Å². The highest BCUT2D eigenvalue weighted by atomic mass is 15.1. The molecule has 0 bridgehead atoms. The van der Waals surface area contributed by atoms with Crippen molar-refractivity contribution in [2.24, 2.45) is 5.41 Å². The Morgan fingerprint density at radius 1 is 1.13 bits per heavy atom. The molecule has 15 heavy (non-hydrogen) atoms. The quantitative estimate of drug-likeness (QED) is 0.752. The Labute approximate surface area is 94.4 Å². The Hall–Kier alpha value is -0.0800. The summed E-state index contributed by atoms with van der Waals surface area (Å²) in [5.41, 5.74) is 0.680. The van der Waals surface area contributed by atoms with Crippen LogP contribution in [-0.2, 0) is 0 Å². The molecule has 1 heterocycles. The van der Waals surface area contributed by atoms with E-state index in [0.717, 1.165) is 0 Å². The molecule has 1 aliphatic heterocycles. The first-order valence-corrected chi connectivity index (χ1v) is 6.56. The second-order valence-corrected chi connectivity index (χ2v) is 6.13. The van der Waals surface area contributed by atoms with Crippen LogP contribution in [0.1, 0.15) is 46.5 Å². The Morgan fingerprint density at radius 3 is 2.13 bits per heavy atom. The number of nitrogens with zero attached hydrogens (tertiary/aromatic N) is 1. The van der Waals surface area contributed by atoms with E-state index >= 15 is 0 Å². The van der Waals surface area contributed by atoms with Crippen LogP contribution in [0.2, 0.25) is 0 Å². The van der Waals surface area contributed by atoms with Crippen LogP contribution in [0.3, 0.4) is 0 Å². The molecule has 1 aliphatic carbocycles. The number of rotatable bonds is 2. The summed E-state index contributed by atoms with van der Waals surface area (Å²) in [4.78, 5) is 2.70. The van der Waals surface area contributed by atoms with Crippen LogP contribution in [0.4, 0.5) is 0 Å². The Balaban J connectivity index is 1.83. The minimum Gasteiger partial charge on any atom is -0.312 e. The molecule has 0 aromatic heterocycles. The van der Waals surface area contributed by atoms with Gasteiger partial charge in [0.05, 0.1) is 0 Å². The molecule has 0 amide bonds. The second-order valence-electron chi connectivity index (χ2n) is 6.13. The van der Waals surface area contributed by atoms with Gasteiger partial charge >= 0.3 is 0 Å². The normalized spacial score (nSPS) is 37.0. The molecule has 1 saturated heterocycles. The van der Waals surface area contributed by atoms with E-state index in [-0.39, 0.29) is 0 Å². The number of hydrogen-bond acceptors (Lipinski definition) is 2. The highest BCUT2D eigenvalue weighted by Gasteiger charge is 2.38. The van der Waals surface area contributed by atoms with Gasteiger partial charge < -0.3 is 10.2 Å². The van der Waals surface area contributed by atoms with Gasteiger partial charge in [-0.2, -0.15) is 0 Å². The van der Waals surface area contributed by atoms with Gasteiger partial charge in [0.25, 0.3) is 0 Å². The summed E-state index contributed by atoms with van der Waals surface area (Å²) in [5.74, 6) is 0. The molecule has 1 saturated carbocycles. The van der Waals surface area contributed by atoms with Crippen LogP contribution >= 0.6 is 0 Å². The van der Waals surface area contributed by atoms with Crippen molar-refractivity contribution < 1.29 is 0 Å². The van der Waals surface area contributed by atoms with Crippen LogP contribution in [0.25, 0.3) is 0 Å². The smallest absolute Gasteiger partial charge is 0.00533 e. The van der Waals surface area contributed by atoms with E-state index in [9.17, 15) is 0 Å². The van der Waals surface area contributed by atoms with Crippen molar-refractivity contribution in [1.82, 2.24) is 10.2 Å². The Morgan fingerprint density at radius 2 is 1.67 bits per heavy atom. The molecule has 0 radical (unpaired) electrons.